The van der Waals surface area contributed by atoms with Crippen LogP contribution in [0.1, 0.15) is 141 Å². The Hall–Kier alpha value is -3.75. The molecule has 0 amide bonds. The number of ketones is 1. The summed E-state index contributed by atoms with van der Waals surface area (Å²) in [6.45, 7) is 17.0. The number of Topliss-reactive ketones (excluding diaryl/α,β-unsaturated/α-hetero) is 1. The summed E-state index contributed by atoms with van der Waals surface area (Å²) in [7, 11) is 2.21. The third kappa shape index (κ3) is 7.75. The molecule has 3 aliphatic carbocycles. The number of aromatic nitrogens is 1. The van der Waals surface area contributed by atoms with Gasteiger partial charge in [-0.2, -0.15) is 0 Å². The van der Waals surface area contributed by atoms with Crippen LogP contribution >= 0.6 is 11.8 Å². The molecule has 2 aromatic rings. The minimum absolute atomic E-state index is 0.0703. The van der Waals surface area contributed by atoms with Gasteiger partial charge >= 0.3 is 17.9 Å². The summed E-state index contributed by atoms with van der Waals surface area (Å²) in [5, 5.41) is 10.6. The van der Waals surface area contributed by atoms with E-state index >= 15 is 4.39 Å². The van der Waals surface area contributed by atoms with Gasteiger partial charge in [-0.25, -0.2) is 14.0 Å². The molecule has 6 fully saturated rings. The first-order valence-electron chi connectivity index (χ1n) is 24.7. The molecule has 12 atom stereocenters. The van der Waals surface area contributed by atoms with E-state index in [0.717, 1.165) is 25.7 Å². The van der Waals surface area contributed by atoms with E-state index in [1.165, 1.54) is 32.0 Å². The van der Waals surface area contributed by atoms with Crippen LogP contribution in [-0.2, 0) is 35.0 Å². The van der Waals surface area contributed by atoms with Gasteiger partial charge in [-0.1, -0.05) is 33.8 Å². The number of carbonyl (C=O) groups is 4. The van der Waals surface area contributed by atoms with E-state index in [1.807, 2.05) is 23.3 Å². The standard InChI is InChI=1S/C52H70FN3O9S/c1-9-50(6)25-41(64-42(59)27-66-35-22-32-11-12-33(23-35)54(32)8)51(7)28(2)14-18-52(19-15-40(58)46(51)52)30(4)47(50)65-48(61)31(5)63-49(62)38-26-56-29(3)10-13-36-43(56)37(45(38)60)24-39(53)44(36)55-20-16-34(57)17-21-55/h9,24,26,28-35,41,46-47,57H,1,10-23,25,27H2,2-8H3/t28?,29?,30-,31?,32?,33?,35?,41+,46?,47-,50+,51-,52?/m1/s1. The van der Waals surface area contributed by atoms with E-state index in [4.69, 9.17) is 14.2 Å². The summed E-state index contributed by atoms with van der Waals surface area (Å²) in [6.07, 6.45) is 9.54. The van der Waals surface area contributed by atoms with Gasteiger partial charge in [-0.15, -0.1) is 18.3 Å². The number of aryl methyl sites for hydroxylation is 1. The number of aliphatic hydroxyl groups excluding tert-OH is 1. The minimum Gasteiger partial charge on any atom is -0.461 e. The zero-order chi connectivity index (χ0) is 47.2. The van der Waals surface area contributed by atoms with Gasteiger partial charge in [0.25, 0.3) is 0 Å². The molecule has 0 radical (unpaired) electrons. The molecule has 1 N–H and O–H groups in total. The number of aliphatic hydroxyl groups is 1. The summed E-state index contributed by atoms with van der Waals surface area (Å²) in [6, 6.07) is 2.21. The van der Waals surface area contributed by atoms with Gasteiger partial charge in [0.2, 0.25) is 5.43 Å². The number of fused-ring (bicyclic) bond motifs is 2. The van der Waals surface area contributed by atoms with E-state index in [2.05, 4.69) is 39.3 Å². The van der Waals surface area contributed by atoms with Crippen molar-refractivity contribution in [2.24, 2.45) is 34.0 Å². The van der Waals surface area contributed by atoms with Crippen molar-refractivity contribution in [3.05, 3.63) is 52.1 Å². The Balaban J connectivity index is 0.969. The van der Waals surface area contributed by atoms with E-state index < -0.39 is 69.8 Å². The summed E-state index contributed by atoms with van der Waals surface area (Å²) in [5.74, 6) is -2.94. The smallest absolute Gasteiger partial charge is 0.347 e. The average molecular weight is 932 g/mol. The third-order valence-electron chi connectivity index (χ3n) is 18.5. The highest BCUT2D eigenvalue weighted by atomic mass is 32.2. The number of esters is 3. The van der Waals surface area contributed by atoms with Crippen LogP contribution in [0.4, 0.5) is 10.1 Å². The van der Waals surface area contributed by atoms with Crippen LogP contribution in [0.25, 0.3) is 10.9 Å². The number of anilines is 1. The van der Waals surface area contributed by atoms with Crippen LogP contribution < -0.4 is 10.3 Å². The Labute approximate surface area is 392 Å². The maximum atomic E-state index is 16.1. The first-order valence-corrected chi connectivity index (χ1v) is 25.8. The lowest BCUT2D eigenvalue weighted by Gasteiger charge is -2.62. The molecule has 1 aromatic carbocycles. The normalized spacial score (nSPS) is 37.1. The van der Waals surface area contributed by atoms with Gasteiger partial charge in [-0.05, 0) is 115 Å². The average Bonchev–Trinajstić information content (AvgIpc) is 3.72. The van der Waals surface area contributed by atoms with Crippen molar-refractivity contribution in [3.63, 3.8) is 0 Å². The van der Waals surface area contributed by atoms with E-state index in [0.29, 0.717) is 85.7 Å². The van der Waals surface area contributed by atoms with Crippen molar-refractivity contribution in [1.29, 1.82) is 0 Å². The zero-order valence-electron chi connectivity index (χ0n) is 39.9. The second-order valence-electron chi connectivity index (χ2n) is 21.9. The Morgan fingerprint density at radius 3 is 2.38 bits per heavy atom. The number of hydrogen-bond acceptors (Lipinski definition) is 12. The number of ether oxygens (including phenoxy) is 3. The number of piperidine rings is 2. The highest BCUT2D eigenvalue weighted by molar-refractivity contribution is 8.00. The number of halogens is 1. The lowest BCUT2D eigenvalue weighted by atomic mass is 9.44. The van der Waals surface area contributed by atoms with Crippen molar-refractivity contribution < 1.29 is 42.9 Å². The van der Waals surface area contributed by atoms with Crippen LogP contribution in [0.5, 0.6) is 0 Å². The predicted octanol–water partition coefficient (Wildman–Crippen LogP) is 7.97. The van der Waals surface area contributed by atoms with Crippen molar-refractivity contribution in [3.8, 4) is 0 Å². The predicted molar refractivity (Wildman–Crippen MR) is 252 cm³/mol. The van der Waals surface area contributed by atoms with E-state index in [1.54, 1.807) is 17.8 Å². The Morgan fingerprint density at radius 2 is 1.70 bits per heavy atom. The Kier molecular flexibility index (Phi) is 12.7. The maximum Gasteiger partial charge on any atom is 0.347 e. The number of pyridine rings is 1. The maximum absolute atomic E-state index is 16.1. The van der Waals surface area contributed by atoms with Crippen molar-refractivity contribution in [2.45, 2.75) is 173 Å². The molecule has 7 unspecified atom stereocenters. The highest BCUT2D eigenvalue weighted by Crippen LogP contribution is 2.68. The number of hydrogen-bond donors (Lipinski definition) is 1. The second kappa shape index (κ2) is 17.6. The lowest BCUT2D eigenvalue weighted by Crippen LogP contribution is -2.63. The molecular formula is C52H70FN3O9S. The Bertz CT molecular complexity index is 2350. The SMILES string of the molecule is C=C[C@@]1(C)C[C@H](OC(=O)CSC2CC3CCC(C2)N3C)[C@@]2(C)C(C)CCC3(CCC(=O)C32)[C@H](C)[C@H]1OC(=O)C(C)OC(=O)c1cn2c3c(c(N4CCC(O)CC4)c(F)cc3c1=O)CCC2C. The largest absolute Gasteiger partial charge is 0.461 e. The fourth-order valence-corrected chi connectivity index (χ4v) is 15.5. The van der Waals surface area contributed by atoms with Gasteiger partial charge in [0, 0.05) is 82.7 Å². The number of nitrogens with zero attached hydrogens (tertiary/aromatic N) is 3. The van der Waals surface area contributed by atoms with Crippen LogP contribution in [0.2, 0.25) is 0 Å². The fourth-order valence-electron chi connectivity index (χ4n) is 14.3. The van der Waals surface area contributed by atoms with Crippen molar-refractivity contribution >= 4 is 52.0 Å². The van der Waals surface area contributed by atoms with Crippen LogP contribution in [-0.4, -0.2) is 106 Å². The molecule has 5 heterocycles. The van der Waals surface area contributed by atoms with E-state index in [-0.39, 0.29) is 52.8 Å². The monoisotopic (exact) mass is 931 g/mol. The zero-order valence-corrected chi connectivity index (χ0v) is 40.8. The molecule has 3 saturated carbocycles. The number of rotatable bonds is 10. The first-order chi connectivity index (χ1) is 31.3. The molecule has 66 heavy (non-hydrogen) atoms. The van der Waals surface area contributed by atoms with Crippen LogP contribution in [0.15, 0.2) is 29.7 Å². The number of thioether (sulfide) groups is 1. The topological polar surface area (TPSA) is 145 Å². The highest BCUT2D eigenvalue weighted by Gasteiger charge is 2.69. The molecule has 9 rings (SSSR count). The quantitative estimate of drug-likeness (QED) is 0.140. The van der Waals surface area contributed by atoms with E-state index in [9.17, 15) is 29.1 Å². The molecule has 12 nitrogen and oxygen atoms in total. The van der Waals surface area contributed by atoms with Gasteiger partial charge in [0.1, 0.15) is 29.4 Å². The van der Waals surface area contributed by atoms with Gasteiger partial charge in [-0.3, -0.25) is 14.4 Å². The van der Waals surface area contributed by atoms with Gasteiger partial charge < -0.3 is 33.7 Å². The number of carbonyl (C=O) groups excluding carboxylic acids is 4. The van der Waals surface area contributed by atoms with Crippen LogP contribution in [0, 0.1) is 39.8 Å². The molecule has 4 aliphatic heterocycles. The minimum atomic E-state index is -1.43. The molecule has 0 spiro atoms. The lowest BCUT2D eigenvalue weighted by molar-refractivity contribution is -0.215. The first kappa shape index (κ1) is 47.3. The molecule has 360 valence electrons. The van der Waals surface area contributed by atoms with Crippen LogP contribution in [0.3, 0.4) is 0 Å². The number of benzene rings is 1. The second-order valence-corrected chi connectivity index (χ2v) is 23.2. The van der Waals surface area contributed by atoms with Crippen molar-refractivity contribution in [2.75, 3.05) is 30.8 Å². The summed E-state index contributed by atoms with van der Waals surface area (Å²) in [4.78, 5) is 75.3. The summed E-state index contributed by atoms with van der Waals surface area (Å²) < 4.78 is 36.9. The molecule has 4 bridgehead atoms. The van der Waals surface area contributed by atoms with Gasteiger partial charge in [0.15, 0.2) is 6.10 Å². The summed E-state index contributed by atoms with van der Waals surface area (Å²) >= 11 is 1.68. The van der Waals surface area contributed by atoms with Gasteiger partial charge in [0.05, 0.1) is 23.1 Å². The molecular weight excluding hydrogens is 862 g/mol. The van der Waals surface area contributed by atoms with Crippen molar-refractivity contribution in [1.82, 2.24) is 9.47 Å². The third-order valence-corrected chi connectivity index (χ3v) is 19.8. The molecule has 3 saturated heterocycles. The fraction of sp³-hybridized carbons (Fsp3) is 0.712. The summed E-state index contributed by atoms with van der Waals surface area (Å²) in [5.41, 5.74) is -1.39. The molecule has 14 heteroatoms. The Morgan fingerprint density at radius 1 is 1.00 bits per heavy atom. The molecule has 7 aliphatic rings. The molecule has 1 aromatic heterocycles.